The van der Waals surface area contributed by atoms with Crippen LogP contribution in [0, 0.1) is 12.3 Å². The molecule has 38 heavy (non-hydrogen) atoms. The summed E-state index contributed by atoms with van der Waals surface area (Å²) in [5, 5.41) is 16.2. The SMILES string of the molecule is Cc1ncsc1-c1ccc(CNC(=O)[C@@H]2C[C@@H](O)CN2C(=O)[C@@H](NC(=O)CCCCCCl)C(C)(C)C)cc1. The van der Waals surface area contributed by atoms with E-state index in [1.54, 1.807) is 11.3 Å². The van der Waals surface area contributed by atoms with Gasteiger partial charge in [0.2, 0.25) is 17.7 Å². The quantitative estimate of drug-likeness (QED) is 0.283. The molecular weight excluding hydrogens is 524 g/mol. The number of aromatic nitrogens is 1. The highest BCUT2D eigenvalue weighted by Gasteiger charge is 2.44. The second-order valence-corrected chi connectivity index (χ2v) is 12.2. The molecule has 1 aliphatic heterocycles. The number of β-amino-alcohol motifs (C(OH)–C–C–N with tert-alkyl or cyclic N) is 1. The first kappa shape index (κ1) is 30.1. The number of unbranched alkanes of at least 4 members (excludes halogenated alkanes) is 2. The third kappa shape index (κ3) is 8.01. The molecule has 1 aliphatic rings. The van der Waals surface area contributed by atoms with E-state index in [-0.39, 0.29) is 30.7 Å². The molecule has 3 amide bonds. The lowest BCUT2D eigenvalue weighted by atomic mass is 9.85. The van der Waals surface area contributed by atoms with E-state index < -0.39 is 23.6 Å². The minimum absolute atomic E-state index is 0.0536. The van der Waals surface area contributed by atoms with Crippen LogP contribution in [0.3, 0.4) is 0 Å². The van der Waals surface area contributed by atoms with E-state index in [2.05, 4.69) is 15.6 Å². The summed E-state index contributed by atoms with van der Waals surface area (Å²) in [4.78, 5) is 46.2. The number of amides is 3. The van der Waals surface area contributed by atoms with Crippen molar-refractivity contribution < 1.29 is 19.5 Å². The summed E-state index contributed by atoms with van der Waals surface area (Å²) in [7, 11) is 0. The lowest BCUT2D eigenvalue weighted by molar-refractivity contribution is -0.144. The summed E-state index contributed by atoms with van der Waals surface area (Å²) in [5.41, 5.74) is 4.23. The molecule has 1 aromatic heterocycles. The smallest absolute Gasteiger partial charge is 0.246 e. The Morgan fingerprint density at radius 2 is 1.89 bits per heavy atom. The van der Waals surface area contributed by atoms with Crippen LogP contribution in [-0.4, -0.2) is 63.3 Å². The molecular formula is C28H39ClN4O4S. The lowest BCUT2D eigenvalue weighted by Gasteiger charge is -2.35. The number of benzene rings is 1. The molecule has 1 saturated heterocycles. The van der Waals surface area contributed by atoms with Gasteiger partial charge in [0, 0.05) is 31.8 Å². The van der Waals surface area contributed by atoms with Gasteiger partial charge in [-0.05, 0) is 36.3 Å². The van der Waals surface area contributed by atoms with Crippen LogP contribution in [0.1, 0.15) is 64.1 Å². The predicted molar refractivity (Wildman–Crippen MR) is 151 cm³/mol. The Labute approximate surface area is 234 Å². The topological polar surface area (TPSA) is 112 Å². The second kappa shape index (κ2) is 13.5. The molecule has 3 rings (SSSR count). The number of carbonyl (C=O) groups excluding carboxylic acids is 3. The molecule has 2 heterocycles. The normalized spacial score (nSPS) is 18.3. The minimum atomic E-state index is -0.814. The summed E-state index contributed by atoms with van der Waals surface area (Å²) >= 11 is 7.29. The van der Waals surface area contributed by atoms with Crippen molar-refractivity contribution in [2.75, 3.05) is 12.4 Å². The number of aryl methyl sites for hydroxylation is 1. The molecule has 0 bridgehead atoms. The van der Waals surface area contributed by atoms with Crippen molar-refractivity contribution in [2.45, 2.75) is 84.5 Å². The van der Waals surface area contributed by atoms with Crippen LogP contribution in [0.15, 0.2) is 29.8 Å². The third-order valence-corrected chi connectivity index (χ3v) is 7.99. The molecule has 0 unspecified atom stereocenters. The summed E-state index contributed by atoms with van der Waals surface area (Å²) in [5.74, 6) is -0.320. The molecule has 2 aromatic rings. The lowest BCUT2D eigenvalue weighted by Crippen LogP contribution is -2.57. The van der Waals surface area contributed by atoms with Crippen molar-refractivity contribution in [3.8, 4) is 10.4 Å². The largest absolute Gasteiger partial charge is 0.391 e. The number of nitrogens with one attached hydrogen (secondary N) is 2. The van der Waals surface area contributed by atoms with E-state index in [0.717, 1.165) is 34.5 Å². The number of alkyl halides is 1. The minimum Gasteiger partial charge on any atom is -0.391 e. The van der Waals surface area contributed by atoms with Gasteiger partial charge in [-0.3, -0.25) is 14.4 Å². The van der Waals surface area contributed by atoms with E-state index in [0.29, 0.717) is 25.3 Å². The number of aliphatic hydroxyl groups is 1. The highest BCUT2D eigenvalue weighted by Crippen LogP contribution is 2.28. The Balaban J connectivity index is 1.63. The van der Waals surface area contributed by atoms with Crippen molar-refractivity contribution in [3.63, 3.8) is 0 Å². The summed E-state index contributed by atoms with van der Waals surface area (Å²) in [6, 6.07) is 6.31. The Morgan fingerprint density at radius 3 is 2.50 bits per heavy atom. The molecule has 0 spiro atoms. The van der Waals surface area contributed by atoms with E-state index in [1.165, 1.54) is 4.90 Å². The van der Waals surface area contributed by atoms with E-state index in [4.69, 9.17) is 11.6 Å². The Kier molecular flexibility index (Phi) is 10.7. The third-order valence-electron chi connectivity index (χ3n) is 6.75. The first-order valence-corrected chi connectivity index (χ1v) is 14.5. The number of aliphatic hydroxyl groups excluding tert-OH is 1. The second-order valence-electron chi connectivity index (χ2n) is 10.9. The number of carbonyl (C=O) groups is 3. The number of nitrogens with zero attached hydrogens (tertiary/aromatic N) is 2. The standard InChI is InChI=1S/C28H39ClN4O4S/c1-18-24(38-17-31-18)20-11-9-19(10-12-20)15-30-26(36)22-14-21(34)16-33(22)27(37)25(28(2,3)4)32-23(35)8-6-5-7-13-29/h9-12,17,21-22,25,34H,5-8,13-16H2,1-4H3,(H,30,36)(H,32,35)/t21-,22+,25-/m1/s1. The molecule has 1 aromatic carbocycles. The fraction of sp³-hybridized carbons (Fsp3) is 0.571. The molecule has 3 atom stereocenters. The molecule has 3 N–H and O–H groups in total. The van der Waals surface area contributed by atoms with Gasteiger partial charge >= 0.3 is 0 Å². The molecule has 10 heteroatoms. The molecule has 8 nitrogen and oxygen atoms in total. The number of thiazole rings is 1. The van der Waals surface area contributed by atoms with Crippen LogP contribution in [0.2, 0.25) is 0 Å². The van der Waals surface area contributed by atoms with Gasteiger partial charge < -0.3 is 20.6 Å². The van der Waals surface area contributed by atoms with Crippen molar-refractivity contribution >= 4 is 40.7 Å². The van der Waals surface area contributed by atoms with Crippen LogP contribution in [0.4, 0.5) is 0 Å². The van der Waals surface area contributed by atoms with Crippen LogP contribution >= 0.6 is 22.9 Å². The zero-order chi connectivity index (χ0) is 27.9. The maximum Gasteiger partial charge on any atom is 0.246 e. The first-order chi connectivity index (χ1) is 18.0. The van der Waals surface area contributed by atoms with Gasteiger partial charge in [-0.2, -0.15) is 0 Å². The van der Waals surface area contributed by atoms with Crippen molar-refractivity contribution in [2.24, 2.45) is 5.41 Å². The highest BCUT2D eigenvalue weighted by atomic mass is 35.5. The van der Waals surface area contributed by atoms with Crippen molar-refractivity contribution in [1.82, 2.24) is 20.5 Å². The Hall–Kier alpha value is -2.49. The van der Waals surface area contributed by atoms with Gasteiger partial charge in [-0.25, -0.2) is 4.98 Å². The first-order valence-electron chi connectivity index (χ1n) is 13.1. The summed E-state index contributed by atoms with van der Waals surface area (Å²) in [6.45, 7) is 7.96. The molecule has 0 aliphatic carbocycles. The number of likely N-dealkylation sites (tertiary alicyclic amines) is 1. The number of hydrogen-bond donors (Lipinski definition) is 3. The molecule has 0 saturated carbocycles. The number of halogens is 1. The van der Waals surface area contributed by atoms with Gasteiger partial charge in [0.05, 0.1) is 22.2 Å². The van der Waals surface area contributed by atoms with Gasteiger partial charge in [-0.15, -0.1) is 22.9 Å². The maximum atomic E-state index is 13.6. The average Bonchev–Trinajstić information content (AvgIpc) is 3.48. The fourth-order valence-corrected chi connectivity index (χ4v) is 5.57. The molecule has 208 valence electrons. The van der Waals surface area contributed by atoms with E-state index in [9.17, 15) is 19.5 Å². The van der Waals surface area contributed by atoms with Crippen LogP contribution < -0.4 is 10.6 Å². The Bertz CT molecular complexity index is 1100. The summed E-state index contributed by atoms with van der Waals surface area (Å²) < 4.78 is 0. The number of hydrogen-bond acceptors (Lipinski definition) is 6. The van der Waals surface area contributed by atoms with Crippen LogP contribution in [0.25, 0.3) is 10.4 Å². The zero-order valence-corrected chi connectivity index (χ0v) is 24.2. The maximum absolute atomic E-state index is 13.6. The van der Waals surface area contributed by atoms with Gasteiger partial charge in [0.1, 0.15) is 12.1 Å². The van der Waals surface area contributed by atoms with Crippen molar-refractivity contribution in [3.05, 3.63) is 41.0 Å². The summed E-state index contributed by atoms with van der Waals surface area (Å²) in [6.07, 6.45) is 2.05. The van der Waals surface area contributed by atoms with Gasteiger partial charge in [0.25, 0.3) is 0 Å². The zero-order valence-electron chi connectivity index (χ0n) is 22.6. The number of rotatable bonds is 11. The highest BCUT2D eigenvalue weighted by molar-refractivity contribution is 7.13. The molecule has 0 radical (unpaired) electrons. The van der Waals surface area contributed by atoms with E-state index >= 15 is 0 Å². The van der Waals surface area contributed by atoms with E-state index in [1.807, 2.05) is 57.5 Å². The molecule has 1 fully saturated rings. The average molecular weight is 563 g/mol. The van der Waals surface area contributed by atoms with Crippen molar-refractivity contribution in [1.29, 1.82) is 0 Å². The fourth-order valence-electron chi connectivity index (χ4n) is 4.57. The van der Waals surface area contributed by atoms with Gasteiger partial charge in [0.15, 0.2) is 0 Å². The monoisotopic (exact) mass is 562 g/mol. The van der Waals surface area contributed by atoms with Crippen LogP contribution in [0.5, 0.6) is 0 Å². The Morgan fingerprint density at radius 1 is 1.18 bits per heavy atom. The van der Waals surface area contributed by atoms with Crippen LogP contribution in [-0.2, 0) is 20.9 Å². The predicted octanol–water partition coefficient (Wildman–Crippen LogP) is 4.03. The van der Waals surface area contributed by atoms with Gasteiger partial charge in [-0.1, -0.05) is 51.5 Å².